The number of rotatable bonds is 4. The van der Waals surface area contributed by atoms with Crippen LogP contribution in [0.4, 0.5) is 8.78 Å². The molecule has 100 valence electrons. The van der Waals surface area contributed by atoms with Gasteiger partial charge in [0.25, 0.3) is 0 Å². The van der Waals surface area contributed by atoms with Crippen molar-refractivity contribution < 1.29 is 13.5 Å². The normalized spacial score (nSPS) is 18.3. The standard InChI is InChI=1S/C14H17F2IO/c1-2-3-4-5-9-6-7-10-12(17)8-11(15)13(16)14(10)18-9/h8-9H,2-7H2,1H3. The maximum atomic E-state index is 13.7. The third kappa shape index (κ3) is 2.95. The quantitative estimate of drug-likeness (QED) is 0.421. The molecule has 0 fully saturated rings. The van der Waals surface area contributed by atoms with Crippen LogP contribution in [0.2, 0.25) is 0 Å². The van der Waals surface area contributed by atoms with Crippen LogP contribution < -0.4 is 4.74 Å². The van der Waals surface area contributed by atoms with E-state index in [1.807, 2.05) is 22.6 Å². The Morgan fingerprint density at radius 3 is 2.89 bits per heavy atom. The van der Waals surface area contributed by atoms with Crippen molar-refractivity contribution >= 4 is 22.6 Å². The minimum Gasteiger partial charge on any atom is -0.487 e. The van der Waals surface area contributed by atoms with Crippen LogP contribution in [0.15, 0.2) is 6.07 Å². The van der Waals surface area contributed by atoms with Crippen molar-refractivity contribution in [1.82, 2.24) is 0 Å². The van der Waals surface area contributed by atoms with E-state index in [0.29, 0.717) is 0 Å². The van der Waals surface area contributed by atoms with E-state index in [0.717, 1.165) is 47.7 Å². The average Bonchev–Trinajstić information content (AvgIpc) is 2.36. The molecule has 0 saturated heterocycles. The smallest absolute Gasteiger partial charge is 0.200 e. The van der Waals surface area contributed by atoms with Crippen molar-refractivity contribution in [1.29, 1.82) is 0 Å². The van der Waals surface area contributed by atoms with Crippen LogP contribution in [0.5, 0.6) is 5.75 Å². The molecule has 0 aliphatic carbocycles. The fourth-order valence-corrected chi connectivity index (χ4v) is 3.11. The Morgan fingerprint density at radius 2 is 2.17 bits per heavy atom. The molecule has 0 bridgehead atoms. The van der Waals surface area contributed by atoms with E-state index >= 15 is 0 Å². The molecule has 1 aromatic carbocycles. The van der Waals surface area contributed by atoms with Gasteiger partial charge in [-0.05, 0) is 54.3 Å². The van der Waals surface area contributed by atoms with Crippen LogP contribution >= 0.6 is 22.6 Å². The van der Waals surface area contributed by atoms with Gasteiger partial charge in [0.1, 0.15) is 0 Å². The first kappa shape index (κ1) is 14.0. The second-order valence-corrected chi connectivity index (χ2v) is 5.90. The molecule has 1 unspecified atom stereocenters. The lowest BCUT2D eigenvalue weighted by Gasteiger charge is -2.27. The highest BCUT2D eigenvalue weighted by molar-refractivity contribution is 14.1. The second kappa shape index (κ2) is 6.17. The van der Waals surface area contributed by atoms with E-state index in [9.17, 15) is 8.78 Å². The summed E-state index contributed by atoms with van der Waals surface area (Å²) in [6, 6.07) is 1.25. The fourth-order valence-electron chi connectivity index (χ4n) is 2.32. The van der Waals surface area contributed by atoms with Crippen molar-refractivity contribution in [2.45, 2.75) is 51.6 Å². The van der Waals surface area contributed by atoms with Gasteiger partial charge in [0.15, 0.2) is 11.6 Å². The van der Waals surface area contributed by atoms with Crippen LogP contribution in [0.1, 0.15) is 44.6 Å². The average molecular weight is 366 g/mol. The van der Waals surface area contributed by atoms with Crippen molar-refractivity contribution in [3.8, 4) is 5.75 Å². The zero-order chi connectivity index (χ0) is 13.1. The first-order valence-electron chi connectivity index (χ1n) is 6.46. The molecule has 18 heavy (non-hydrogen) atoms. The minimum absolute atomic E-state index is 0.0381. The highest BCUT2D eigenvalue weighted by Crippen LogP contribution is 2.36. The van der Waals surface area contributed by atoms with Crippen LogP contribution in [0.25, 0.3) is 0 Å². The monoisotopic (exact) mass is 366 g/mol. The van der Waals surface area contributed by atoms with Crippen molar-refractivity contribution in [3.05, 3.63) is 26.8 Å². The Balaban J connectivity index is 2.13. The molecule has 2 rings (SSSR count). The lowest BCUT2D eigenvalue weighted by atomic mass is 9.98. The molecule has 1 atom stereocenters. The Hall–Kier alpha value is -0.390. The van der Waals surface area contributed by atoms with Crippen molar-refractivity contribution in [2.75, 3.05) is 0 Å². The predicted octanol–water partition coefficient (Wildman–Crippen LogP) is 4.84. The van der Waals surface area contributed by atoms with Gasteiger partial charge in [0.2, 0.25) is 5.82 Å². The first-order valence-corrected chi connectivity index (χ1v) is 7.54. The highest BCUT2D eigenvalue weighted by atomic mass is 127. The maximum absolute atomic E-state index is 13.7. The van der Waals surface area contributed by atoms with Gasteiger partial charge in [-0.25, -0.2) is 4.39 Å². The molecule has 0 radical (unpaired) electrons. The summed E-state index contributed by atoms with van der Waals surface area (Å²) in [5.41, 5.74) is 0.821. The van der Waals surface area contributed by atoms with Crippen LogP contribution in [0, 0.1) is 15.2 Å². The third-order valence-corrected chi connectivity index (χ3v) is 4.32. The topological polar surface area (TPSA) is 9.23 Å². The number of unbranched alkanes of at least 4 members (excludes halogenated alkanes) is 2. The molecule has 1 aromatic rings. The molecule has 1 heterocycles. The van der Waals surface area contributed by atoms with Gasteiger partial charge >= 0.3 is 0 Å². The van der Waals surface area contributed by atoms with E-state index in [4.69, 9.17) is 4.74 Å². The maximum Gasteiger partial charge on any atom is 0.200 e. The summed E-state index contributed by atoms with van der Waals surface area (Å²) >= 11 is 2.04. The SMILES string of the molecule is CCCCCC1CCc2c(I)cc(F)c(F)c2O1. The molecule has 0 N–H and O–H groups in total. The van der Waals surface area contributed by atoms with Gasteiger partial charge in [-0.2, -0.15) is 4.39 Å². The van der Waals surface area contributed by atoms with Crippen LogP contribution in [-0.2, 0) is 6.42 Å². The Morgan fingerprint density at radius 1 is 1.39 bits per heavy atom. The molecule has 0 aromatic heterocycles. The number of hydrogen-bond donors (Lipinski definition) is 0. The fraction of sp³-hybridized carbons (Fsp3) is 0.571. The summed E-state index contributed by atoms with van der Waals surface area (Å²) in [6.07, 6.45) is 6.06. The number of hydrogen-bond acceptors (Lipinski definition) is 1. The van der Waals surface area contributed by atoms with E-state index in [-0.39, 0.29) is 11.9 Å². The second-order valence-electron chi connectivity index (χ2n) is 4.74. The number of fused-ring (bicyclic) bond motifs is 1. The van der Waals surface area contributed by atoms with Gasteiger partial charge in [-0.1, -0.05) is 19.8 Å². The van der Waals surface area contributed by atoms with Gasteiger partial charge in [-0.15, -0.1) is 0 Å². The van der Waals surface area contributed by atoms with E-state index in [2.05, 4.69) is 6.92 Å². The predicted molar refractivity (Wildman–Crippen MR) is 76.0 cm³/mol. The van der Waals surface area contributed by atoms with Crippen molar-refractivity contribution in [3.63, 3.8) is 0 Å². The van der Waals surface area contributed by atoms with Crippen molar-refractivity contribution in [2.24, 2.45) is 0 Å². The molecule has 4 heteroatoms. The highest BCUT2D eigenvalue weighted by Gasteiger charge is 2.26. The summed E-state index contributed by atoms with van der Waals surface area (Å²) in [6.45, 7) is 2.15. The van der Waals surface area contributed by atoms with E-state index < -0.39 is 11.6 Å². The lowest BCUT2D eigenvalue weighted by molar-refractivity contribution is 0.150. The Kier molecular flexibility index (Phi) is 4.81. The molecule has 1 aliphatic rings. The lowest BCUT2D eigenvalue weighted by Crippen LogP contribution is -2.24. The Labute approximate surface area is 120 Å². The minimum atomic E-state index is -0.828. The summed E-state index contributed by atoms with van der Waals surface area (Å²) in [4.78, 5) is 0. The molecule has 0 spiro atoms. The zero-order valence-corrected chi connectivity index (χ0v) is 12.6. The van der Waals surface area contributed by atoms with Gasteiger partial charge in [-0.3, -0.25) is 0 Å². The summed E-state index contributed by atoms with van der Waals surface area (Å²) in [7, 11) is 0. The summed E-state index contributed by atoms with van der Waals surface area (Å²) in [5, 5.41) is 0. The molecular weight excluding hydrogens is 349 g/mol. The molecule has 1 aliphatic heterocycles. The number of benzene rings is 1. The van der Waals surface area contributed by atoms with Gasteiger partial charge < -0.3 is 4.74 Å². The van der Waals surface area contributed by atoms with E-state index in [1.165, 1.54) is 6.07 Å². The molecule has 0 amide bonds. The molecule has 0 saturated carbocycles. The number of halogens is 3. The zero-order valence-electron chi connectivity index (χ0n) is 10.4. The van der Waals surface area contributed by atoms with Gasteiger partial charge in [0.05, 0.1) is 6.10 Å². The molecular formula is C14H17F2IO. The van der Waals surface area contributed by atoms with Crippen LogP contribution in [-0.4, -0.2) is 6.10 Å². The summed E-state index contributed by atoms with van der Waals surface area (Å²) in [5.74, 6) is -1.50. The Bertz CT molecular complexity index is 434. The van der Waals surface area contributed by atoms with Crippen LogP contribution in [0.3, 0.4) is 0 Å². The van der Waals surface area contributed by atoms with Gasteiger partial charge in [0, 0.05) is 9.13 Å². The first-order chi connectivity index (χ1) is 8.63. The van der Waals surface area contributed by atoms with E-state index in [1.54, 1.807) is 0 Å². The largest absolute Gasteiger partial charge is 0.487 e. The summed E-state index contributed by atoms with van der Waals surface area (Å²) < 4.78 is 33.5. The third-order valence-electron chi connectivity index (χ3n) is 3.36. The number of ether oxygens (including phenoxy) is 1. The molecule has 1 nitrogen and oxygen atoms in total.